The second-order valence-electron chi connectivity index (χ2n) is 2.45. The SMILES string of the molecule is CNC(=O)[O-].O=S(=O)([N-]S(=O)(=O)C(F)(F)F)C(F)(F)F.[Li+]. The molecule has 1 amide bonds. The van der Waals surface area contributed by atoms with E-state index in [0.29, 0.717) is 0 Å². The van der Waals surface area contributed by atoms with Crippen LogP contribution in [0.4, 0.5) is 31.1 Å². The Balaban J connectivity index is -0.000000465. The number of carbonyl (C=O) groups excluding carboxylic acids is 1. The molecule has 0 aromatic rings. The first kappa shape index (κ1) is 25.3. The van der Waals surface area contributed by atoms with Gasteiger partial charge < -0.3 is 19.3 Å². The fourth-order valence-corrected chi connectivity index (χ4v) is 1.92. The topological polar surface area (TPSA) is 135 Å². The number of nitrogens with one attached hydrogen (secondary N) is 1. The van der Waals surface area contributed by atoms with E-state index < -0.39 is 37.2 Å². The van der Waals surface area contributed by atoms with Gasteiger partial charge >= 0.3 is 29.9 Å². The van der Waals surface area contributed by atoms with Gasteiger partial charge in [0.25, 0.3) is 0 Å². The molecule has 0 aliphatic heterocycles. The minimum absolute atomic E-state index is 0. The molecule has 0 aliphatic carbocycles. The van der Waals surface area contributed by atoms with Gasteiger partial charge in [-0.2, -0.15) is 26.3 Å². The first-order valence-corrected chi connectivity index (χ1v) is 6.61. The number of rotatable bonds is 2. The summed E-state index contributed by atoms with van der Waals surface area (Å²) < 4.78 is 109. The summed E-state index contributed by atoms with van der Waals surface area (Å²) in [5, 5.41) is 11.0. The van der Waals surface area contributed by atoms with Gasteiger partial charge in [0, 0.05) is 7.05 Å². The molecule has 21 heavy (non-hydrogen) atoms. The molecule has 0 atom stereocenters. The quantitative estimate of drug-likeness (QED) is 0.403. The van der Waals surface area contributed by atoms with Gasteiger partial charge in [0.1, 0.15) is 6.09 Å². The van der Waals surface area contributed by atoms with Crippen molar-refractivity contribution in [1.29, 1.82) is 0 Å². The van der Waals surface area contributed by atoms with E-state index >= 15 is 0 Å². The molecule has 0 fully saturated rings. The number of carbonyl (C=O) groups is 1. The van der Waals surface area contributed by atoms with Crippen LogP contribution in [-0.2, 0) is 20.0 Å². The molecule has 0 radical (unpaired) electrons. The average molecular weight is 361 g/mol. The Hall–Kier alpha value is -0.693. The molecule has 0 aromatic heterocycles. The zero-order chi connectivity index (χ0) is 17.0. The van der Waals surface area contributed by atoms with Gasteiger partial charge in [-0.3, -0.25) is 0 Å². The maximum absolute atomic E-state index is 11.4. The minimum atomic E-state index is -6.72. The Labute approximate surface area is 126 Å². The molecule has 0 rings (SSSR count). The molecular weight excluding hydrogens is 357 g/mol. The number of halogens is 6. The van der Waals surface area contributed by atoms with E-state index in [-0.39, 0.29) is 18.9 Å². The summed E-state index contributed by atoms with van der Waals surface area (Å²) >= 11 is 0. The van der Waals surface area contributed by atoms with Crippen molar-refractivity contribution in [3.8, 4) is 0 Å². The number of sulfonamides is 2. The maximum atomic E-state index is 11.4. The van der Waals surface area contributed by atoms with E-state index in [9.17, 15) is 43.2 Å². The molecule has 0 heterocycles. The van der Waals surface area contributed by atoms with Crippen LogP contribution >= 0.6 is 0 Å². The van der Waals surface area contributed by atoms with Crippen molar-refractivity contribution in [3.05, 3.63) is 4.13 Å². The molecule has 17 heteroatoms. The summed E-state index contributed by atoms with van der Waals surface area (Å²) in [4.78, 5) is 9.15. The Morgan fingerprint density at radius 3 is 1.24 bits per heavy atom. The van der Waals surface area contributed by atoms with Gasteiger partial charge in [0.2, 0.25) is 0 Å². The summed E-state index contributed by atoms with van der Waals surface area (Å²) in [6, 6.07) is 0. The molecule has 0 spiro atoms. The van der Waals surface area contributed by atoms with Crippen molar-refractivity contribution in [2.45, 2.75) is 11.0 Å². The fraction of sp³-hybridized carbons (Fsp3) is 0.750. The second kappa shape index (κ2) is 8.08. The number of alkyl halides is 6. The van der Waals surface area contributed by atoms with Gasteiger partial charge in [0.05, 0.1) is 0 Å². The van der Waals surface area contributed by atoms with Crippen LogP contribution in [-0.4, -0.2) is 41.0 Å². The van der Waals surface area contributed by atoms with Gasteiger partial charge in [0.15, 0.2) is 20.0 Å². The molecule has 0 saturated heterocycles. The Bertz CT molecular complexity index is 497. The van der Waals surface area contributed by atoms with E-state index in [2.05, 4.69) is 0 Å². The van der Waals surface area contributed by atoms with E-state index in [4.69, 9.17) is 9.90 Å². The second-order valence-corrected chi connectivity index (χ2v) is 5.88. The molecule has 1 N–H and O–H groups in total. The van der Waals surface area contributed by atoms with Crippen molar-refractivity contribution in [1.82, 2.24) is 5.32 Å². The van der Waals surface area contributed by atoms with Gasteiger partial charge in [-0.1, -0.05) is 0 Å². The van der Waals surface area contributed by atoms with Gasteiger partial charge in [-0.25, -0.2) is 16.8 Å². The van der Waals surface area contributed by atoms with Crippen LogP contribution in [0.5, 0.6) is 0 Å². The summed E-state index contributed by atoms with van der Waals surface area (Å²) in [5.74, 6) is 0. The first-order valence-electron chi connectivity index (χ1n) is 3.73. The van der Waals surface area contributed by atoms with E-state index in [1.165, 1.54) is 7.05 Å². The van der Waals surface area contributed by atoms with Crippen molar-refractivity contribution in [2.24, 2.45) is 0 Å². The average Bonchev–Trinajstić information content (AvgIpc) is 2.13. The number of nitrogens with zero attached hydrogens (tertiary/aromatic N) is 1. The van der Waals surface area contributed by atoms with Crippen LogP contribution in [0, 0.1) is 0 Å². The molecule has 122 valence electrons. The normalized spacial score (nSPS) is 12.5. The molecule has 0 saturated carbocycles. The van der Waals surface area contributed by atoms with Crippen LogP contribution in [0.25, 0.3) is 4.13 Å². The molecule has 8 nitrogen and oxygen atoms in total. The number of hydrogen-bond acceptors (Lipinski definition) is 6. The smallest absolute Gasteiger partial charge is 0.530 e. The van der Waals surface area contributed by atoms with Crippen LogP contribution < -0.4 is 29.3 Å². The van der Waals surface area contributed by atoms with Crippen molar-refractivity contribution < 1.29 is 71.9 Å². The fourth-order valence-electron chi connectivity index (χ4n) is 0.214. The summed E-state index contributed by atoms with van der Waals surface area (Å²) in [7, 11) is -12.2. The van der Waals surface area contributed by atoms with Gasteiger partial charge in [-0.05, 0) is 0 Å². The summed E-state index contributed by atoms with van der Waals surface area (Å²) in [5.41, 5.74) is -12.4. The van der Waals surface area contributed by atoms with Crippen LogP contribution in [0.15, 0.2) is 0 Å². The van der Waals surface area contributed by atoms with Crippen molar-refractivity contribution in [2.75, 3.05) is 7.05 Å². The Morgan fingerprint density at radius 2 is 1.14 bits per heavy atom. The zero-order valence-corrected chi connectivity index (χ0v) is 11.6. The number of amides is 1. The maximum Gasteiger partial charge on any atom is 1.00 e. The predicted molar refractivity (Wildman–Crippen MR) is 47.8 cm³/mol. The Kier molecular flexibility index (Phi) is 9.72. The Morgan fingerprint density at radius 1 is 0.952 bits per heavy atom. The van der Waals surface area contributed by atoms with Crippen LogP contribution in [0.3, 0.4) is 0 Å². The number of hydrogen-bond donors (Lipinski definition) is 1. The van der Waals surface area contributed by atoms with Crippen molar-refractivity contribution in [3.63, 3.8) is 0 Å². The third-order valence-corrected chi connectivity index (χ3v) is 3.73. The van der Waals surface area contributed by atoms with Crippen LogP contribution in [0.1, 0.15) is 0 Å². The van der Waals surface area contributed by atoms with E-state index in [1.54, 1.807) is 0 Å². The standard InChI is InChI=1S/C2F6NO4S2.C2H5NO2.Li/c3-1(4,5)14(10,11)9-15(12,13)2(6,7)8;1-3-2(4)5;/h;3H,1H3,(H,4,5);/q-1;;+1/p-1. The van der Waals surface area contributed by atoms with E-state index in [0.717, 1.165) is 4.13 Å². The molecule has 0 aromatic carbocycles. The van der Waals surface area contributed by atoms with Gasteiger partial charge in [-0.15, -0.1) is 0 Å². The summed E-state index contributed by atoms with van der Waals surface area (Å²) in [6.45, 7) is 0. The third-order valence-electron chi connectivity index (χ3n) is 0.985. The van der Waals surface area contributed by atoms with E-state index in [1.807, 2.05) is 5.32 Å². The molecule has 0 bridgehead atoms. The molecule has 0 aliphatic rings. The van der Waals surface area contributed by atoms with Crippen molar-refractivity contribution >= 4 is 26.1 Å². The van der Waals surface area contributed by atoms with Crippen LogP contribution in [0.2, 0.25) is 0 Å². The molecule has 0 unspecified atom stereocenters. The monoisotopic (exact) mass is 361 g/mol. The largest absolute Gasteiger partial charge is 1.00 e. The number of carboxylic acid groups (broad SMARTS) is 1. The zero-order valence-electron chi connectivity index (χ0n) is 9.98. The minimum Gasteiger partial charge on any atom is -0.530 e. The predicted octanol–water partition coefficient (Wildman–Crippen LogP) is -3.39. The first-order chi connectivity index (χ1) is 8.48. The molecular formula is C4H4F6LiN2O6S2-. The summed E-state index contributed by atoms with van der Waals surface area (Å²) in [6.07, 6.45) is -1.25. The third kappa shape index (κ3) is 9.03.